The van der Waals surface area contributed by atoms with Gasteiger partial charge in [0.2, 0.25) is 5.91 Å². The van der Waals surface area contributed by atoms with Crippen LogP contribution in [0.2, 0.25) is 0 Å². The molecule has 0 atom stereocenters. The summed E-state index contributed by atoms with van der Waals surface area (Å²) in [6.45, 7) is 1.28. The lowest BCUT2D eigenvalue weighted by atomic mass is 10.2. The maximum absolute atomic E-state index is 11.8. The summed E-state index contributed by atoms with van der Waals surface area (Å²) >= 11 is 0. The van der Waals surface area contributed by atoms with Gasteiger partial charge in [0.15, 0.2) is 0 Å². The molecule has 1 aromatic carbocycles. The summed E-state index contributed by atoms with van der Waals surface area (Å²) in [6.07, 6.45) is 3.84. The van der Waals surface area contributed by atoms with Crippen LogP contribution in [-0.2, 0) is 16.1 Å². The van der Waals surface area contributed by atoms with Crippen molar-refractivity contribution in [1.29, 1.82) is 0 Å². The molecule has 1 amide bonds. The van der Waals surface area contributed by atoms with Gasteiger partial charge in [0.25, 0.3) is 0 Å². The van der Waals surface area contributed by atoms with Gasteiger partial charge in [-0.2, -0.15) is 0 Å². The molecule has 2 N–H and O–H groups in total. The van der Waals surface area contributed by atoms with E-state index in [-0.39, 0.29) is 5.91 Å². The number of anilines is 1. The Balaban J connectivity index is 1.71. The molecular weight excluding hydrogens is 294 g/mol. The van der Waals surface area contributed by atoms with Gasteiger partial charge < -0.3 is 15.4 Å². The highest BCUT2D eigenvalue weighted by molar-refractivity contribution is 5.93. The van der Waals surface area contributed by atoms with Crippen LogP contribution in [0.15, 0.2) is 48.8 Å². The third-order valence-electron chi connectivity index (χ3n) is 3.20. The van der Waals surface area contributed by atoms with E-state index in [1.54, 1.807) is 36.7 Å². The van der Waals surface area contributed by atoms with Gasteiger partial charge in [-0.15, -0.1) is 0 Å². The third-order valence-corrected chi connectivity index (χ3v) is 3.20. The zero-order chi connectivity index (χ0) is 16.5. The van der Waals surface area contributed by atoms with E-state index in [4.69, 9.17) is 0 Å². The molecule has 0 aliphatic heterocycles. The van der Waals surface area contributed by atoms with E-state index in [2.05, 4.69) is 20.4 Å². The zero-order valence-corrected chi connectivity index (χ0v) is 12.9. The van der Waals surface area contributed by atoms with E-state index in [9.17, 15) is 9.59 Å². The first kappa shape index (κ1) is 16.6. The lowest BCUT2D eigenvalue weighted by Gasteiger charge is -2.07. The van der Waals surface area contributed by atoms with Crippen molar-refractivity contribution in [3.8, 4) is 0 Å². The minimum Gasteiger partial charge on any atom is -0.465 e. The fourth-order valence-corrected chi connectivity index (χ4v) is 1.97. The highest BCUT2D eigenvalue weighted by atomic mass is 16.5. The van der Waals surface area contributed by atoms with E-state index in [0.717, 1.165) is 5.56 Å². The van der Waals surface area contributed by atoms with Crippen molar-refractivity contribution in [1.82, 2.24) is 10.3 Å². The Morgan fingerprint density at radius 2 is 1.78 bits per heavy atom. The quantitative estimate of drug-likeness (QED) is 0.603. The van der Waals surface area contributed by atoms with Crippen molar-refractivity contribution in [2.24, 2.45) is 0 Å². The van der Waals surface area contributed by atoms with E-state index >= 15 is 0 Å². The number of rotatable bonds is 7. The Morgan fingerprint density at radius 3 is 2.43 bits per heavy atom. The van der Waals surface area contributed by atoms with E-state index in [0.29, 0.717) is 30.8 Å². The first-order valence-electron chi connectivity index (χ1n) is 7.27. The Labute approximate surface area is 134 Å². The fourth-order valence-electron chi connectivity index (χ4n) is 1.97. The Bertz CT molecular complexity index is 642. The number of aromatic nitrogens is 1. The minimum atomic E-state index is -0.400. The van der Waals surface area contributed by atoms with Gasteiger partial charge in [-0.25, -0.2) is 4.79 Å². The molecule has 0 radical (unpaired) electrons. The van der Waals surface area contributed by atoms with Crippen molar-refractivity contribution < 1.29 is 14.3 Å². The average molecular weight is 313 g/mol. The molecule has 1 heterocycles. The lowest BCUT2D eigenvalue weighted by Crippen LogP contribution is -2.21. The second-order valence-electron chi connectivity index (χ2n) is 4.90. The van der Waals surface area contributed by atoms with Crippen LogP contribution in [0, 0.1) is 0 Å². The monoisotopic (exact) mass is 313 g/mol. The van der Waals surface area contributed by atoms with Crippen LogP contribution < -0.4 is 10.6 Å². The number of hydrogen-bond acceptors (Lipinski definition) is 5. The molecule has 0 fully saturated rings. The number of carbonyl (C=O) groups excluding carboxylic acids is 2. The number of benzene rings is 1. The van der Waals surface area contributed by atoms with Crippen molar-refractivity contribution in [2.45, 2.75) is 13.0 Å². The molecule has 0 aliphatic rings. The maximum atomic E-state index is 11.8. The first-order valence-corrected chi connectivity index (χ1v) is 7.27. The summed E-state index contributed by atoms with van der Waals surface area (Å²) in [5.41, 5.74) is 2.22. The Hall–Kier alpha value is -2.73. The highest BCUT2D eigenvalue weighted by Crippen LogP contribution is 2.10. The summed E-state index contributed by atoms with van der Waals surface area (Å²) in [4.78, 5) is 27.1. The molecule has 2 aromatic rings. The predicted octanol–water partition coefficient (Wildman–Crippen LogP) is 1.99. The highest BCUT2D eigenvalue weighted by Gasteiger charge is 2.06. The third kappa shape index (κ3) is 5.52. The molecule has 6 nitrogen and oxygen atoms in total. The number of carbonyl (C=O) groups is 2. The number of pyridine rings is 1. The Morgan fingerprint density at radius 1 is 1.09 bits per heavy atom. The minimum absolute atomic E-state index is 0.0851. The number of hydrogen-bond donors (Lipinski definition) is 2. The number of nitrogens with zero attached hydrogens (tertiary/aromatic N) is 1. The van der Waals surface area contributed by atoms with E-state index in [1.165, 1.54) is 7.11 Å². The van der Waals surface area contributed by atoms with Gasteiger partial charge in [-0.1, -0.05) is 0 Å². The van der Waals surface area contributed by atoms with Crippen molar-refractivity contribution >= 4 is 17.6 Å². The van der Waals surface area contributed by atoms with Gasteiger partial charge in [0.05, 0.1) is 12.7 Å². The number of esters is 1. The fraction of sp³-hybridized carbons (Fsp3) is 0.235. The van der Waals surface area contributed by atoms with E-state index < -0.39 is 5.97 Å². The summed E-state index contributed by atoms with van der Waals surface area (Å²) in [6, 6.07) is 10.4. The van der Waals surface area contributed by atoms with Crippen molar-refractivity contribution in [3.63, 3.8) is 0 Å². The molecule has 6 heteroatoms. The number of methoxy groups -OCH3 is 1. The van der Waals surface area contributed by atoms with Crippen LogP contribution in [0.3, 0.4) is 0 Å². The second kappa shape index (κ2) is 8.65. The molecule has 0 aliphatic carbocycles. The molecular formula is C17H19N3O3. The SMILES string of the molecule is COC(=O)c1ccc(NC(=O)CCNCc2ccncc2)cc1. The summed E-state index contributed by atoms with van der Waals surface area (Å²) in [5, 5.41) is 5.98. The second-order valence-corrected chi connectivity index (χ2v) is 4.90. The van der Waals surface area contributed by atoms with Crippen LogP contribution in [0.4, 0.5) is 5.69 Å². The topological polar surface area (TPSA) is 80.3 Å². The number of ether oxygens (including phenoxy) is 1. The molecule has 120 valence electrons. The van der Waals surface area contributed by atoms with Crippen molar-refractivity contribution in [3.05, 3.63) is 59.9 Å². The van der Waals surface area contributed by atoms with Crippen LogP contribution >= 0.6 is 0 Å². The molecule has 1 aromatic heterocycles. The summed E-state index contributed by atoms with van der Waals surface area (Å²) in [7, 11) is 1.33. The average Bonchev–Trinajstić information content (AvgIpc) is 2.59. The van der Waals surface area contributed by atoms with Gasteiger partial charge >= 0.3 is 5.97 Å². The van der Waals surface area contributed by atoms with E-state index in [1.807, 2.05) is 12.1 Å². The summed E-state index contributed by atoms with van der Waals surface area (Å²) in [5.74, 6) is -0.485. The molecule has 0 saturated heterocycles. The Kier molecular flexibility index (Phi) is 6.26. The van der Waals surface area contributed by atoms with Crippen LogP contribution in [0.1, 0.15) is 22.3 Å². The molecule has 0 spiro atoms. The van der Waals surface area contributed by atoms with Crippen LogP contribution in [-0.4, -0.2) is 30.5 Å². The number of amides is 1. The van der Waals surface area contributed by atoms with Gasteiger partial charge in [-0.3, -0.25) is 9.78 Å². The van der Waals surface area contributed by atoms with Crippen LogP contribution in [0.25, 0.3) is 0 Å². The molecule has 0 bridgehead atoms. The molecule has 2 rings (SSSR count). The number of nitrogens with one attached hydrogen (secondary N) is 2. The lowest BCUT2D eigenvalue weighted by molar-refractivity contribution is -0.116. The standard InChI is InChI=1S/C17H19N3O3/c1-23-17(22)14-2-4-15(5-3-14)20-16(21)8-11-19-12-13-6-9-18-10-7-13/h2-7,9-10,19H,8,11-12H2,1H3,(H,20,21). The normalized spacial score (nSPS) is 10.1. The predicted molar refractivity (Wildman–Crippen MR) is 87.0 cm³/mol. The zero-order valence-electron chi connectivity index (χ0n) is 12.9. The van der Waals surface area contributed by atoms with Gasteiger partial charge in [-0.05, 0) is 42.0 Å². The molecule has 0 unspecified atom stereocenters. The molecule has 0 saturated carbocycles. The first-order chi connectivity index (χ1) is 11.2. The smallest absolute Gasteiger partial charge is 0.337 e. The largest absolute Gasteiger partial charge is 0.465 e. The maximum Gasteiger partial charge on any atom is 0.337 e. The van der Waals surface area contributed by atoms with Crippen molar-refractivity contribution in [2.75, 3.05) is 19.0 Å². The molecule has 23 heavy (non-hydrogen) atoms. The summed E-state index contributed by atoms with van der Waals surface area (Å²) < 4.78 is 4.62. The van der Waals surface area contributed by atoms with Gasteiger partial charge in [0.1, 0.15) is 0 Å². The van der Waals surface area contributed by atoms with Gasteiger partial charge in [0, 0.05) is 37.6 Å². The van der Waals surface area contributed by atoms with Crippen LogP contribution in [0.5, 0.6) is 0 Å².